The van der Waals surface area contributed by atoms with Crippen molar-refractivity contribution >= 4 is 17.4 Å². The molecule has 22 heavy (non-hydrogen) atoms. The molecule has 0 atom stereocenters. The fourth-order valence-corrected chi connectivity index (χ4v) is 2.96. The van der Waals surface area contributed by atoms with Crippen molar-refractivity contribution in [2.45, 2.75) is 0 Å². The SMILES string of the molecule is O=C(NCCN1CCOCC1)c1snnc1-c1ccccc1. The van der Waals surface area contributed by atoms with Gasteiger partial charge in [0.05, 0.1) is 13.2 Å². The first-order valence-electron chi connectivity index (χ1n) is 7.30. The molecule has 1 N–H and O–H groups in total. The molecule has 0 spiro atoms. The van der Waals surface area contributed by atoms with E-state index in [1.165, 1.54) is 0 Å². The zero-order valence-electron chi connectivity index (χ0n) is 12.2. The highest BCUT2D eigenvalue weighted by Crippen LogP contribution is 2.23. The first-order valence-corrected chi connectivity index (χ1v) is 8.08. The predicted molar refractivity (Wildman–Crippen MR) is 84.9 cm³/mol. The van der Waals surface area contributed by atoms with Crippen molar-refractivity contribution in [3.8, 4) is 11.3 Å². The maximum Gasteiger partial charge on any atom is 0.265 e. The number of rotatable bonds is 5. The fraction of sp³-hybridized carbons (Fsp3) is 0.400. The number of benzene rings is 1. The van der Waals surface area contributed by atoms with Crippen LogP contribution in [0.3, 0.4) is 0 Å². The average Bonchev–Trinajstić information content (AvgIpc) is 3.06. The van der Waals surface area contributed by atoms with Gasteiger partial charge in [0.2, 0.25) is 0 Å². The number of amides is 1. The summed E-state index contributed by atoms with van der Waals surface area (Å²) in [5.74, 6) is -0.109. The number of ether oxygens (including phenoxy) is 1. The van der Waals surface area contributed by atoms with Crippen molar-refractivity contribution < 1.29 is 9.53 Å². The van der Waals surface area contributed by atoms with Crippen LogP contribution < -0.4 is 5.32 Å². The number of nitrogens with one attached hydrogen (secondary N) is 1. The lowest BCUT2D eigenvalue weighted by molar-refractivity contribution is 0.0383. The Labute approximate surface area is 133 Å². The van der Waals surface area contributed by atoms with Gasteiger partial charge in [-0.25, -0.2) is 0 Å². The molecule has 1 aromatic carbocycles. The Morgan fingerprint density at radius 1 is 1.27 bits per heavy atom. The second-order valence-corrected chi connectivity index (χ2v) is 5.78. The number of morpholine rings is 1. The molecule has 0 unspecified atom stereocenters. The van der Waals surface area contributed by atoms with Gasteiger partial charge in [-0.1, -0.05) is 34.8 Å². The quantitative estimate of drug-likeness (QED) is 0.899. The lowest BCUT2D eigenvalue weighted by Gasteiger charge is -2.26. The first-order chi connectivity index (χ1) is 10.8. The third-order valence-corrected chi connectivity index (χ3v) is 4.28. The highest BCUT2D eigenvalue weighted by Gasteiger charge is 2.18. The van der Waals surface area contributed by atoms with Gasteiger partial charge in [-0.05, 0) is 11.5 Å². The van der Waals surface area contributed by atoms with E-state index in [0.29, 0.717) is 17.1 Å². The van der Waals surface area contributed by atoms with Crippen molar-refractivity contribution in [2.24, 2.45) is 0 Å². The molecular formula is C15H18N4O2S. The molecule has 3 rings (SSSR count). The molecule has 116 valence electrons. The smallest absolute Gasteiger partial charge is 0.265 e. The van der Waals surface area contributed by atoms with Gasteiger partial charge in [-0.15, -0.1) is 5.10 Å². The molecule has 7 heteroatoms. The van der Waals surface area contributed by atoms with E-state index >= 15 is 0 Å². The Balaban J connectivity index is 1.58. The maximum absolute atomic E-state index is 12.3. The molecule has 1 aromatic heterocycles. The van der Waals surface area contributed by atoms with E-state index in [1.54, 1.807) is 0 Å². The Morgan fingerprint density at radius 3 is 2.82 bits per heavy atom. The van der Waals surface area contributed by atoms with E-state index in [0.717, 1.165) is 49.9 Å². The van der Waals surface area contributed by atoms with Gasteiger partial charge in [0, 0.05) is 31.7 Å². The summed E-state index contributed by atoms with van der Waals surface area (Å²) in [6, 6.07) is 9.65. The number of carbonyl (C=O) groups is 1. The van der Waals surface area contributed by atoms with Crippen molar-refractivity contribution in [3.63, 3.8) is 0 Å². The molecule has 0 aliphatic carbocycles. The monoisotopic (exact) mass is 318 g/mol. The second-order valence-electron chi connectivity index (χ2n) is 5.03. The number of hydrogen-bond acceptors (Lipinski definition) is 6. The molecule has 0 saturated carbocycles. The third-order valence-electron chi connectivity index (χ3n) is 3.56. The summed E-state index contributed by atoms with van der Waals surface area (Å²) in [6.07, 6.45) is 0. The summed E-state index contributed by atoms with van der Waals surface area (Å²) in [6.45, 7) is 4.84. The van der Waals surface area contributed by atoms with Gasteiger partial charge < -0.3 is 10.1 Å². The van der Waals surface area contributed by atoms with E-state index in [-0.39, 0.29) is 5.91 Å². The minimum Gasteiger partial charge on any atom is -0.379 e. The first kappa shape index (κ1) is 15.1. The molecule has 1 saturated heterocycles. The average molecular weight is 318 g/mol. The maximum atomic E-state index is 12.3. The second kappa shape index (κ2) is 7.44. The normalized spacial score (nSPS) is 15.6. The predicted octanol–water partition coefficient (Wildman–Crippen LogP) is 1.27. The minimum atomic E-state index is -0.109. The molecule has 1 aliphatic rings. The van der Waals surface area contributed by atoms with Crippen LogP contribution in [0.5, 0.6) is 0 Å². The van der Waals surface area contributed by atoms with Gasteiger partial charge in [-0.2, -0.15) is 0 Å². The van der Waals surface area contributed by atoms with Crippen LogP contribution in [-0.4, -0.2) is 59.8 Å². The molecule has 0 radical (unpaired) electrons. The highest BCUT2D eigenvalue weighted by atomic mass is 32.1. The summed E-state index contributed by atoms with van der Waals surface area (Å²) < 4.78 is 9.23. The number of hydrogen-bond donors (Lipinski definition) is 1. The van der Waals surface area contributed by atoms with Crippen LogP contribution in [0.15, 0.2) is 30.3 Å². The van der Waals surface area contributed by atoms with Gasteiger partial charge in [-0.3, -0.25) is 9.69 Å². The van der Waals surface area contributed by atoms with Gasteiger partial charge >= 0.3 is 0 Å². The summed E-state index contributed by atoms with van der Waals surface area (Å²) in [4.78, 5) is 15.2. The largest absolute Gasteiger partial charge is 0.379 e. The molecule has 1 fully saturated rings. The van der Waals surface area contributed by atoms with Crippen LogP contribution in [0.2, 0.25) is 0 Å². The van der Waals surface area contributed by atoms with E-state index in [1.807, 2.05) is 30.3 Å². The Hall–Kier alpha value is -1.83. The van der Waals surface area contributed by atoms with Gasteiger partial charge in [0.25, 0.3) is 5.91 Å². The minimum absolute atomic E-state index is 0.109. The molecule has 1 amide bonds. The van der Waals surface area contributed by atoms with Crippen molar-refractivity contribution in [3.05, 3.63) is 35.2 Å². The lowest BCUT2D eigenvalue weighted by atomic mass is 10.1. The molecular weight excluding hydrogens is 300 g/mol. The zero-order chi connectivity index (χ0) is 15.2. The Kier molecular flexibility index (Phi) is 5.10. The van der Waals surface area contributed by atoms with E-state index in [4.69, 9.17) is 4.74 Å². The van der Waals surface area contributed by atoms with Crippen LogP contribution in [0.1, 0.15) is 9.67 Å². The van der Waals surface area contributed by atoms with E-state index in [2.05, 4.69) is 19.8 Å². The zero-order valence-corrected chi connectivity index (χ0v) is 13.0. The molecule has 1 aliphatic heterocycles. The summed E-state index contributed by atoms with van der Waals surface area (Å²) in [5.41, 5.74) is 1.56. The molecule has 2 aromatic rings. The highest BCUT2D eigenvalue weighted by molar-refractivity contribution is 7.08. The standard InChI is InChI=1S/C15H18N4O2S/c20-15(16-6-7-19-8-10-21-11-9-19)14-13(17-18-22-14)12-4-2-1-3-5-12/h1-5H,6-11H2,(H,16,20). The van der Waals surface area contributed by atoms with Crippen LogP contribution in [0.4, 0.5) is 0 Å². The van der Waals surface area contributed by atoms with Gasteiger partial charge in [0.15, 0.2) is 0 Å². The van der Waals surface area contributed by atoms with Crippen LogP contribution in [0.25, 0.3) is 11.3 Å². The number of aromatic nitrogens is 2. The topological polar surface area (TPSA) is 67.4 Å². The summed E-state index contributed by atoms with van der Waals surface area (Å²) >= 11 is 1.13. The van der Waals surface area contributed by atoms with Crippen molar-refractivity contribution in [2.75, 3.05) is 39.4 Å². The van der Waals surface area contributed by atoms with Crippen molar-refractivity contribution in [1.29, 1.82) is 0 Å². The number of carbonyl (C=O) groups excluding carboxylic acids is 1. The van der Waals surface area contributed by atoms with Crippen LogP contribution >= 0.6 is 11.5 Å². The Morgan fingerprint density at radius 2 is 2.05 bits per heavy atom. The summed E-state index contributed by atoms with van der Waals surface area (Å²) in [7, 11) is 0. The van der Waals surface area contributed by atoms with Crippen LogP contribution in [-0.2, 0) is 4.74 Å². The fourth-order valence-electron chi connectivity index (χ4n) is 2.36. The number of nitrogens with zero attached hydrogens (tertiary/aromatic N) is 3. The third kappa shape index (κ3) is 3.68. The lowest BCUT2D eigenvalue weighted by Crippen LogP contribution is -2.41. The Bertz CT molecular complexity index is 611. The van der Waals surface area contributed by atoms with Gasteiger partial charge in [0.1, 0.15) is 10.6 Å². The molecule has 6 nitrogen and oxygen atoms in total. The summed E-state index contributed by atoms with van der Waals surface area (Å²) in [5, 5.41) is 7.04. The molecule has 0 bridgehead atoms. The van der Waals surface area contributed by atoms with Crippen LogP contribution in [0, 0.1) is 0 Å². The molecule has 2 heterocycles. The van der Waals surface area contributed by atoms with E-state index < -0.39 is 0 Å². The van der Waals surface area contributed by atoms with E-state index in [9.17, 15) is 4.79 Å². The van der Waals surface area contributed by atoms with Crippen molar-refractivity contribution in [1.82, 2.24) is 19.8 Å².